The summed E-state index contributed by atoms with van der Waals surface area (Å²) in [6.45, 7) is 10.4. The molecule has 0 bridgehead atoms. The van der Waals surface area contributed by atoms with Crippen molar-refractivity contribution in [2.75, 3.05) is 38.1 Å². The van der Waals surface area contributed by atoms with Crippen LogP contribution in [0.3, 0.4) is 0 Å². The van der Waals surface area contributed by atoms with Gasteiger partial charge in [0.2, 0.25) is 0 Å². The Labute approximate surface area is 166 Å². The largest absolute Gasteiger partial charge is 0.490 e. The summed E-state index contributed by atoms with van der Waals surface area (Å²) in [6, 6.07) is 5.51. The van der Waals surface area contributed by atoms with Crippen molar-refractivity contribution in [2.24, 2.45) is 0 Å². The van der Waals surface area contributed by atoms with Crippen LogP contribution in [0.2, 0.25) is 0 Å². The molecule has 0 aromatic heterocycles. The van der Waals surface area contributed by atoms with Crippen LogP contribution in [0.25, 0.3) is 6.08 Å². The van der Waals surface area contributed by atoms with Crippen LogP contribution < -0.4 is 20.9 Å². The lowest BCUT2D eigenvalue weighted by atomic mass is 10.1. The first-order valence-electron chi connectivity index (χ1n) is 9.20. The summed E-state index contributed by atoms with van der Waals surface area (Å²) in [5, 5.41) is 15.4. The molecule has 0 saturated carbocycles. The van der Waals surface area contributed by atoms with E-state index in [9.17, 15) is 4.79 Å². The van der Waals surface area contributed by atoms with Gasteiger partial charge in [-0.1, -0.05) is 26.8 Å². The second-order valence-corrected chi connectivity index (χ2v) is 6.23. The summed E-state index contributed by atoms with van der Waals surface area (Å²) in [6.07, 6.45) is 3.81. The van der Waals surface area contributed by atoms with Crippen LogP contribution in [-0.2, 0) is 4.79 Å². The van der Waals surface area contributed by atoms with E-state index in [4.69, 9.17) is 22.2 Å². The summed E-state index contributed by atoms with van der Waals surface area (Å²) < 4.78 is 5.94. The second kappa shape index (κ2) is 13.1. The maximum atomic E-state index is 11.2. The van der Waals surface area contributed by atoms with Crippen LogP contribution in [0.4, 0.5) is 5.69 Å². The first-order chi connectivity index (χ1) is 13.0. The van der Waals surface area contributed by atoms with Crippen molar-refractivity contribution < 1.29 is 14.7 Å². The maximum Gasteiger partial charge on any atom is 0.267 e. The molecule has 0 unspecified atom stereocenters. The molecule has 1 aromatic carbocycles. The Hall–Kier alpha value is -2.16. The third-order valence-corrected chi connectivity index (χ3v) is 4.13. The third-order valence-electron chi connectivity index (χ3n) is 3.88. The maximum absolute atomic E-state index is 11.2. The molecule has 0 aliphatic rings. The topological polar surface area (TPSA) is 85.9 Å². The van der Waals surface area contributed by atoms with Crippen molar-refractivity contribution in [1.82, 2.24) is 15.7 Å². The molecule has 0 saturated heterocycles. The third kappa shape index (κ3) is 8.85. The van der Waals surface area contributed by atoms with Crippen molar-refractivity contribution >= 4 is 35.0 Å². The number of hydroxylamine groups is 1. The van der Waals surface area contributed by atoms with Gasteiger partial charge in [0, 0.05) is 19.2 Å². The molecule has 150 valence electrons. The van der Waals surface area contributed by atoms with Crippen LogP contribution in [0.5, 0.6) is 5.75 Å². The smallest absolute Gasteiger partial charge is 0.267 e. The monoisotopic (exact) mass is 394 g/mol. The van der Waals surface area contributed by atoms with Gasteiger partial charge in [-0.05, 0) is 55.5 Å². The molecule has 4 N–H and O–H groups in total. The van der Waals surface area contributed by atoms with Gasteiger partial charge in [0.05, 0.1) is 5.69 Å². The van der Waals surface area contributed by atoms with Gasteiger partial charge >= 0.3 is 0 Å². The van der Waals surface area contributed by atoms with Crippen molar-refractivity contribution in [3.8, 4) is 5.75 Å². The van der Waals surface area contributed by atoms with Crippen LogP contribution in [0, 0.1) is 0 Å². The van der Waals surface area contributed by atoms with Crippen LogP contribution >= 0.6 is 12.2 Å². The molecule has 1 aromatic rings. The highest BCUT2D eigenvalue weighted by Gasteiger charge is 2.08. The average Bonchev–Trinajstić information content (AvgIpc) is 2.68. The van der Waals surface area contributed by atoms with Gasteiger partial charge in [-0.2, -0.15) is 0 Å². The summed E-state index contributed by atoms with van der Waals surface area (Å²) in [5.41, 5.74) is 3.06. The van der Waals surface area contributed by atoms with Crippen molar-refractivity contribution in [1.29, 1.82) is 0 Å². The highest BCUT2D eigenvalue weighted by Crippen LogP contribution is 2.26. The number of amides is 1. The molecule has 27 heavy (non-hydrogen) atoms. The quantitative estimate of drug-likeness (QED) is 0.199. The molecule has 0 aliphatic heterocycles. The summed E-state index contributed by atoms with van der Waals surface area (Å²) >= 11 is 5.32. The van der Waals surface area contributed by atoms with Crippen LogP contribution in [-0.4, -0.2) is 53.9 Å². The van der Waals surface area contributed by atoms with E-state index in [1.807, 2.05) is 18.2 Å². The molecule has 1 amide bonds. The predicted octanol–water partition coefficient (Wildman–Crippen LogP) is 2.62. The van der Waals surface area contributed by atoms with Crippen LogP contribution in [0.15, 0.2) is 24.3 Å². The predicted molar refractivity (Wildman–Crippen MR) is 113 cm³/mol. The Balaban J connectivity index is 2.89. The molecule has 7 nitrogen and oxygen atoms in total. The van der Waals surface area contributed by atoms with Gasteiger partial charge < -0.3 is 20.3 Å². The molecule has 0 spiro atoms. The summed E-state index contributed by atoms with van der Waals surface area (Å²) in [5.74, 6) is 0.0933. The highest BCUT2D eigenvalue weighted by atomic mass is 32.1. The zero-order valence-corrected chi connectivity index (χ0v) is 17.1. The normalized spacial score (nSPS) is 10.9. The Morgan fingerprint density at radius 2 is 2.04 bits per heavy atom. The van der Waals surface area contributed by atoms with Gasteiger partial charge in [-0.3, -0.25) is 10.0 Å². The Morgan fingerprint density at radius 3 is 2.67 bits per heavy atom. The number of carbonyl (C=O) groups excluding carboxylic acids is 1. The Bertz CT molecular complexity index is 633. The van der Waals surface area contributed by atoms with E-state index >= 15 is 0 Å². The van der Waals surface area contributed by atoms with Gasteiger partial charge in [0.25, 0.3) is 5.91 Å². The fourth-order valence-corrected chi connectivity index (χ4v) is 2.53. The molecule has 0 radical (unpaired) electrons. The second-order valence-electron chi connectivity index (χ2n) is 5.82. The molecule has 0 fully saturated rings. The van der Waals surface area contributed by atoms with E-state index in [0.29, 0.717) is 17.5 Å². The molecule has 1 rings (SSSR count). The fraction of sp³-hybridized carbons (Fsp3) is 0.474. The van der Waals surface area contributed by atoms with Gasteiger partial charge in [0.1, 0.15) is 12.4 Å². The number of hydrogen-bond donors (Lipinski definition) is 4. The minimum Gasteiger partial charge on any atom is -0.490 e. The van der Waals surface area contributed by atoms with Gasteiger partial charge in [0.15, 0.2) is 5.11 Å². The lowest BCUT2D eigenvalue weighted by molar-refractivity contribution is -0.124. The van der Waals surface area contributed by atoms with Crippen LogP contribution in [0.1, 0.15) is 32.8 Å². The molecule has 0 aliphatic carbocycles. The number of thiocarbonyl (C=S) groups is 1. The summed E-state index contributed by atoms with van der Waals surface area (Å²) in [7, 11) is 0. The van der Waals surface area contributed by atoms with E-state index < -0.39 is 5.91 Å². The van der Waals surface area contributed by atoms with E-state index in [2.05, 4.69) is 36.3 Å². The lowest BCUT2D eigenvalue weighted by Gasteiger charge is -2.19. The SMILES string of the molecule is CCCNC(=S)Nc1cc(/C=C/C(=O)NO)ccc1OCCN(CC)CC. The number of rotatable bonds is 11. The number of anilines is 1. The first-order valence-corrected chi connectivity index (χ1v) is 9.61. The molecule has 0 heterocycles. The van der Waals surface area contributed by atoms with E-state index in [1.54, 1.807) is 11.6 Å². The fourth-order valence-electron chi connectivity index (χ4n) is 2.31. The molecular formula is C19H30N4O3S. The van der Waals surface area contributed by atoms with Gasteiger partial charge in [-0.25, -0.2) is 5.48 Å². The number of likely N-dealkylation sites (N-methyl/N-ethyl adjacent to an activating group) is 1. The first kappa shape index (κ1) is 22.9. The average molecular weight is 395 g/mol. The number of benzene rings is 1. The molecule has 8 heteroatoms. The Kier molecular flexibility index (Phi) is 11.1. The number of nitrogens with zero attached hydrogens (tertiary/aromatic N) is 1. The number of carbonyl (C=O) groups is 1. The van der Waals surface area contributed by atoms with Crippen molar-refractivity contribution in [3.63, 3.8) is 0 Å². The zero-order chi connectivity index (χ0) is 20.1. The Morgan fingerprint density at radius 1 is 1.30 bits per heavy atom. The number of hydrogen-bond acceptors (Lipinski definition) is 5. The molecular weight excluding hydrogens is 364 g/mol. The summed E-state index contributed by atoms with van der Waals surface area (Å²) in [4.78, 5) is 13.5. The van der Waals surface area contributed by atoms with Gasteiger partial charge in [-0.15, -0.1) is 0 Å². The molecule has 0 atom stereocenters. The number of nitrogens with one attached hydrogen (secondary N) is 3. The van der Waals surface area contributed by atoms with E-state index in [1.165, 1.54) is 6.08 Å². The van der Waals surface area contributed by atoms with E-state index in [-0.39, 0.29) is 0 Å². The van der Waals surface area contributed by atoms with Crippen molar-refractivity contribution in [3.05, 3.63) is 29.8 Å². The number of ether oxygens (including phenoxy) is 1. The standard InChI is InChI=1S/C19H30N4O3S/c1-4-11-20-19(27)21-16-14-15(8-10-18(24)22-25)7-9-17(16)26-13-12-23(5-2)6-3/h7-10,14,25H,4-6,11-13H2,1-3H3,(H,22,24)(H2,20,21,27)/b10-8+. The zero-order valence-electron chi connectivity index (χ0n) is 16.2. The lowest BCUT2D eigenvalue weighted by Crippen LogP contribution is -2.30. The van der Waals surface area contributed by atoms with E-state index in [0.717, 1.165) is 43.9 Å². The minimum absolute atomic E-state index is 0.514. The minimum atomic E-state index is -0.593. The highest BCUT2D eigenvalue weighted by molar-refractivity contribution is 7.80. The van der Waals surface area contributed by atoms with Crippen molar-refractivity contribution in [2.45, 2.75) is 27.2 Å².